The number of nitrogens with one attached hydrogen (secondary N) is 1. The van der Waals surface area contributed by atoms with Crippen molar-refractivity contribution in [1.29, 1.82) is 0 Å². The number of nitro benzene ring substituents is 1. The van der Waals surface area contributed by atoms with Crippen molar-refractivity contribution >= 4 is 29.2 Å². The van der Waals surface area contributed by atoms with E-state index in [9.17, 15) is 19.7 Å². The van der Waals surface area contributed by atoms with Gasteiger partial charge in [0.15, 0.2) is 0 Å². The van der Waals surface area contributed by atoms with Gasteiger partial charge in [0.25, 0.3) is 5.91 Å². The first-order chi connectivity index (χ1) is 8.88. The molecular formula is C11H11ClN2O5. The highest BCUT2D eigenvalue weighted by molar-refractivity contribution is 6.33. The third kappa shape index (κ3) is 3.41. The van der Waals surface area contributed by atoms with Crippen LogP contribution in [0.1, 0.15) is 17.3 Å². The van der Waals surface area contributed by atoms with Crippen molar-refractivity contribution in [2.45, 2.75) is 13.0 Å². The summed E-state index contributed by atoms with van der Waals surface area (Å²) in [5.41, 5.74) is -0.716. The Morgan fingerprint density at radius 2 is 2.11 bits per heavy atom. The van der Waals surface area contributed by atoms with Crippen molar-refractivity contribution < 1.29 is 19.2 Å². The molecule has 1 rings (SSSR count). The summed E-state index contributed by atoms with van der Waals surface area (Å²) in [7, 11) is 1.17. The van der Waals surface area contributed by atoms with E-state index in [1.807, 2.05) is 0 Å². The highest BCUT2D eigenvalue weighted by atomic mass is 35.5. The number of esters is 1. The molecule has 8 heteroatoms. The fourth-order valence-corrected chi connectivity index (χ4v) is 1.64. The lowest BCUT2D eigenvalue weighted by molar-refractivity contribution is -0.385. The highest BCUT2D eigenvalue weighted by Crippen LogP contribution is 2.28. The summed E-state index contributed by atoms with van der Waals surface area (Å²) in [6.45, 7) is 1.40. The summed E-state index contributed by atoms with van der Waals surface area (Å²) in [4.78, 5) is 33.2. The fourth-order valence-electron chi connectivity index (χ4n) is 1.39. The minimum Gasteiger partial charge on any atom is -0.467 e. The molecule has 1 N–H and O–H groups in total. The van der Waals surface area contributed by atoms with E-state index in [0.29, 0.717) is 0 Å². The summed E-state index contributed by atoms with van der Waals surface area (Å²) in [6.07, 6.45) is 0. The number of para-hydroxylation sites is 1. The fraction of sp³-hybridized carbons (Fsp3) is 0.273. The van der Waals surface area contributed by atoms with Gasteiger partial charge in [-0.1, -0.05) is 17.7 Å². The Balaban J connectivity index is 3.04. The summed E-state index contributed by atoms with van der Waals surface area (Å²) in [5.74, 6) is -1.43. The van der Waals surface area contributed by atoms with Gasteiger partial charge < -0.3 is 10.1 Å². The Morgan fingerprint density at radius 3 is 2.63 bits per heavy atom. The zero-order valence-corrected chi connectivity index (χ0v) is 10.9. The van der Waals surface area contributed by atoms with Crippen molar-refractivity contribution in [3.8, 4) is 0 Å². The van der Waals surface area contributed by atoms with Crippen LogP contribution >= 0.6 is 11.6 Å². The predicted octanol–water partition coefficient (Wildman–Crippen LogP) is 1.54. The summed E-state index contributed by atoms with van der Waals surface area (Å²) >= 11 is 5.68. The lowest BCUT2D eigenvalue weighted by Crippen LogP contribution is -2.39. The second-order valence-corrected chi connectivity index (χ2v) is 4.02. The maximum Gasteiger partial charge on any atom is 0.328 e. The maximum atomic E-state index is 11.9. The number of amides is 1. The van der Waals surface area contributed by atoms with Crippen LogP contribution in [0.3, 0.4) is 0 Å². The van der Waals surface area contributed by atoms with Gasteiger partial charge in [-0.3, -0.25) is 14.9 Å². The molecule has 0 aliphatic heterocycles. The molecule has 0 unspecified atom stereocenters. The first-order valence-electron chi connectivity index (χ1n) is 5.20. The van der Waals surface area contributed by atoms with Gasteiger partial charge in [-0.05, 0) is 19.1 Å². The average molecular weight is 287 g/mol. The first kappa shape index (κ1) is 14.9. The Bertz CT molecular complexity index is 532. The molecule has 0 aliphatic rings. The molecule has 0 radical (unpaired) electrons. The monoisotopic (exact) mass is 286 g/mol. The minimum absolute atomic E-state index is 0.150. The van der Waals surface area contributed by atoms with Gasteiger partial charge in [0.1, 0.15) is 16.6 Å². The van der Waals surface area contributed by atoms with Crippen LogP contribution in [0.2, 0.25) is 5.02 Å². The summed E-state index contributed by atoms with van der Waals surface area (Å²) in [5, 5.41) is 13.0. The van der Waals surface area contributed by atoms with E-state index in [1.54, 1.807) is 0 Å². The number of methoxy groups -OCH3 is 1. The number of rotatable bonds is 4. The Kier molecular flexibility index (Phi) is 4.82. The molecule has 0 bridgehead atoms. The molecule has 1 aromatic rings. The van der Waals surface area contributed by atoms with Crippen LogP contribution in [0.5, 0.6) is 0 Å². The molecule has 0 saturated carbocycles. The van der Waals surface area contributed by atoms with E-state index in [-0.39, 0.29) is 10.6 Å². The predicted molar refractivity (Wildman–Crippen MR) is 67.1 cm³/mol. The molecule has 7 nitrogen and oxygen atoms in total. The second kappa shape index (κ2) is 6.14. The van der Waals surface area contributed by atoms with E-state index in [4.69, 9.17) is 11.6 Å². The lowest BCUT2D eigenvalue weighted by atomic mass is 10.1. The van der Waals surface area contributed by atoms with E-state index in [2.05, 4.69) is 10.1 Å². The smallest absolute Gasteiger partial charge is 0.328 e. The van der Waals surface area contributed by atoms with Gasteiger partial charge in [0.05, 0.1) is 12.0 Å². The highest BCUT2D eigenvalue weighted by Gasteiger charge is 2.25. The number of nitrogens with zero attached hydrogens (tertiary/aromatic N) is 1. The zero-order valence-electron chi connectivity index (χ0n) is 10.2. The number of carbonyl (C=O) groups is 2. The van der Waals surface area contributed by atoms with E-state index in [1.165, 1.54) is 32.2 Å². The van der Waals surface area contributed by atoms with Gasteiger partial charge in [-0.2, -0.15) is 0 Å². The van der Waals surface area contributed by atoms with Gasteiger partial charge in [-0.15, -0.1) is 0 Å². The average Bonchev–Trinajstić information content (AvgIpc) is 2.36. The van der Waals surface area contributed by atoms with E-state index >= 15 is 0 Å². The van der Waals surface area contributed by atoms with Gasteiger partial charge >= 0.3 is 11.7 Å². The molecule has 1 atom stereocenters. The quantitative estimate of drug-likeness (QED) is 0.514. The molecular weight excluding hydrogens is 276 g/mol. The van der Waals surface area contributed by atoms with E-state index < -0.39 is 28.5 Å². The van der Waals surface area contributed by atoms with Crippen molar-refractivity contribution in [1.82, 2.24) is 5.32 Å². The normalized spacial score (nSPS) is 11.5. The second-order valence-electron chi connectivity index (χ2n) is 3.61. The number of hydrogen-bond donors (Lipinski definition) is 1. The van der Waals surface area contributed by atoms with Crippen LogP contribution in [0.25, 0.3) is 0 Å². The Labute approximate surface area is 113 Å². The molecule has 0 saturated heterocycles. The Hall–Kier alpha value is -2.15. The van der Waals surface area contributed by atoms with Crippen LogP contribution in [0.15, 0.2) is 18.2 Å². The molecule has 0 fully saturated rings. The third-order valence-corrected chi connectivity index (χ3v) is 2.62. The first-order valence-corrected chi connectivity index (χ1v) is 5.58. The zero-order chi connectivity index (χ0) is 14.6. The lowest BCUT2D eigenvalue weighted by Gasteiger charge is -2.11. The van der Waals surface area contributed by atoms with Crippen molar-refractivity contribution in [2.75, 3.05) is 7.11 Å². The van der Waals surface area contributed by atoms with Crippen molar-refractivity contribution in [2.24, 2.45) is 0 Å². The minimum atomic E-state index is -0.920. The number of halogens is 1. The summed E-state index contributed by atoms with van der Waals surface area (Å²) in [6, 6.07) is 3.05. The number of carbonyl (C=O) groups excluding carboxylic acids is 2. The SMILES string of the molecule is COC(=O)[C@H](C)NC(=O)c1cccc(Cl)c1[N+](=O)[O-]. The largest absolute Gasteiger partial charge is 0.467 e. The van der Waals surface area contributed by atoms with E-state index in [0.717, 1.165) is 0 Å². The van der Waals surface area contributed by atoms with Crippen LogP contribution in [0.4, 0.5) is 5.69 Å². The number of nitro groups is 1. The molecule has 19 heavy (non-hydrogen) atoms. The number of ether oxygens (including phenoxy) is 1. The molecule has 1 amide bonds. The molecule has 102 valence electrons. The topological polar surface area (TPSA) is 98.5 Å². The van der Waals surface area contributed by atoms with Crippen LogP contribution in [-0.2, 0) is 9.53 Å². The number of benzene rings is 1. The van der Waals surface area contributed by atoms with Crippen LogP contribution < -0.4 is 5.32 Å². The van der Waals surface area contributed by atoms with Gasteiger partial charge in [0.2, 0.25) is 0 Å². The van der Waals surface area contributed by atoms with Crippen LogP contribution in [-0.4, -0.2) is 30.0 Å². The van der Waals surface area contributed by atoms with Gasteiger partial charge in [-0.25, -0.2) is 4.79 Å². The van der Waals surface area contributed by atoms with Crippen molar-refractivity contribution in [3.63, 3.8) is 0 Å². The molecule has 0 heterocycles. The maximum absolute atomic E-state index is 11.9. The molecule has 0 spiro atoms. The van der Waals surface area contributed by atoms with Crippen LogP contribution in [0, 0.1) is 10.1 Å². The van der Waals surface area contributed by atoms with Gasteiger partial charge in [0, 0.05) is 0 Å². The molecule has 0 aromatic heterocycles. The molecule has 1 aromatic carbocycles. The third-order valence-electron chi connectivity index (χ3n) is 2.32. The summed E-state index contributed by atoms with van der Waals surface area (Å²) < 4.78 is 4.44. The standard InChI is InChI=1S/C11H11ClN2O5/c1-6(11(16)19-2)13-10(15)7-4-3-5-8(12)9(7)14(17)18/h3-6H,1-2H3,(H,13,15)/t6-/m0/s1. The van der Waals surface area contributed by atoms with Crippen molar-refractivity contribution in [3.05, 3.63) is 38.9 Å². The molecule has 0 aliphatic carbocycles. The Morgan fingerprint density at radius 1 is 1.47 bits per heavy atom. The number of hydrogen-bond acceptors (Lipinski definition) is 5.